The van der Waals surface area contributed by atoms with Gasteiger partial charge in [0.1, 0.15) is 5.65 Å². The van der Waals surface area contributed by atoms with Crippen LogP contribution in [0.15, 0.2) is 24.4 Å². The first-order chi connectivity index (χ1) is 7.11. The number of carboxylic acid groups (broad SMARTS) is 1. The lowest BCUT2D eigenvalue weighted by atomic mass is 10.2. The van der Waals surface area contributed by atoms with Crippen LogP contribution < -0.4 is 0 Å². The number of hydrogen-bond donors (Lipinski definition) is 2. The van der Waals surface area contributed by atoms with Crippen molar-refractivity contribution in [3.05, 3.63) is 35.8 Å². The molecule has 2 N–H and O–H groups in total. The lowest BCUT2D eigenvalue weighted by Crippen LogP contribution is -2.13. The molecular weight excluding hydrogens is 196 g/mol. The van der Waals surface area contributed by atoms with E-state index in [1.807, 2.05) is 0 Å². The Hall–Kier alpha value is -1.88. The quantitative estimate of drug-likeness (QED) is 0.760. The first kappa shape index (κ1) is 9.67. The van der Waals surface area contributed by atoms with E-state index in [1.54, 1.807) is 35.7 Å². The number of aliphatic hydroxyl groups excluding tert-OH is 1. The molecule has 0 aliphatic carbocycles. The summed E-state index contributed by atoms with van der Waals surface area (Å²) in [5.74, 6) is -1.27. The number of hydrogen-bond acceptors (Lipinski definition) is 3. The molecule has 2 aromatic heterocycles. The Morgan fingerprint density at radius 3 is 2.93 bits per heavy atom. The SMILES string of the molecule is Cc1nc2ccccn2c1C(O)C(=O)O. The van der Waals surface area contributed by atoms with Crippen molar-refractivity contribution in [3.63, 3.8) is 0 Å². The van der Waals surface area contributed by atoms with E-state index < -0.39 is 12.1 Å². The van der Waals surface area contributed by atoms with Gasteiger partial charge in [0.2, 0.25) is 0 Å². The van der Waals surface area contributed by atoms with Crippen molar-refractivity contribution in [2.24, 2.45) is 0 Å². The zero-order chi connectivity index (χ0) is 11.0. The molecule has 0 aliphatic rings. The van der Waals surface area contributed by atoms with Crippen LogP contribution in [0.25, 0.3) is 5.65 Å². The van der Waals surface area contributed by atoms with Crippen LogP contribution in [0, 0.1) is 6.92 Å². The minimum atomic E-state index is -1.54. The molecule has 0 radical (unpaired) electrons. The highest BCUT2D eigenvalue weighted by atomic mass is 16.4. The van der Waals surface area contributed by atoms with Gasteiger partial charge < -0.3 is 14.6 Å². The molecule has 0 aromatic carbocycles. The van der Waals surface area contributed by atoms with Crippen LogP contribution >= 0.6 is 0 Å². The summed E-state index contributed by atoms with van der Waals surface area (Å²) in [4.78, 5) is 14.9. The highest BCUT2D eigenvalue weighted by Crippen LogP contribution is 2.19. The Kier molecular flexibility index (Phi) is 2.17. The van der Waals surface area contributed by atoms with Crippen LogP contribution in [0.1, 0.15) is 17.5 Å². The number of aryl methyl sites for hydroxylation is 1. The molecule has 15 heavy (non-hydrogen) atoms. The van der Waals surface area contributed by atoms with Crippen molar-refractivity contribution in [3.8, 4) is 0 Å². The molecule has 78 valence electrons. The van der Waals surface area contributed by atoms with Crippen molar-refractivity contribution in [1.29, 1.82) is 0 Å². The molecular formula is C10H10N2O3. The van der Waals surface area contributed by atoms with E-state index in [9.17, 15) is 9.90 Å². The van der Waals surface area contributed by atoms with Crippen LogP contribution in [0.5, 0.6) is 0 Å². The third kappa shape index (κ3) is 1.46. The van der Waals surface area contributed by atoms with Gasteiger partial charge in [-0.15, -0.1) is 0 Å². The summed E-state index contributed by atoms with van der Waals surface area (Å²) in [5, 5.41) is 18.3. The number of carbonyl (C=O) groups is 1. The van der Waals surface area contributed by atoms with Crippen molar-refractivity contribution in [1.82, 2.24) is 9.38 Å². The monoisotopic (exact) mass is 206 g/mol. The third-order valence-electron chi connectivity index (χ3n) is 2.24. The maximum absolute atomic E-state index is 10.7. The second-order valence-corrected chi connectivity index (χ2v) is 3.25. The van der Waals surface area contributed by atoms with Gasteiger partial charge in [-0.25, -0.2) is 9.78 Å². The zero-order valence-electron chi connectivity index (χ0n) is 8.08. The van der Waals surface area contributed by atoms with Gasteiger partial charge in [-0.3, -0.25) is 0 Å². The second kappa shape index (κ2) is 3.36. The number of pyridine rings is 1. The molecule has 0 aliphatic heterocycles. The normalized spacial score (nSPS) is 12.9. The fraction of sp³-hybridized carbons (Fsp3) is 0.200. The molecule has 5 heteroatoms. The Balaban J connectivity index is 2.68. The maximum atomic E-state index is 10.7. The predicted octanol–water partition coefficient (Wildman–Crippen LogP) is 0.761. The van der Waals surface area contributed by atoms with Crippen LogP contribution in [0.2, 0.25) is 0 Å². The average Bonchev–Trinajstić information content (AvgIpc) is 2.52. The largest absolute Gasteiger partial charge is 0.479 e. The summed E-state index contributed by atoms with van der Waals surface area (Å²) in [6, 6.07) is 5.32. The molecule has 2 heterocycles. The minimum Gasteiger partial charge on any atom is -0.479 e. The lowest BCUT2D eigenvalue weighted by Gasteiger charge is -2.06. The van der Waals surface area contributed by atoms with Gasteiger partial charge in [-0.2, -0.15) is 0 Å². The number of imidazole rings is 1. The van der Waals surface area contributed by atoms with E-state index >= 15 is 0 Å². The summed E-state index contributed by atoms with van der Waals surface area (Å²) in [6.45, 7) is 1.68. The highest BCUT2D eigenvalue weighted by molar-refractivity contribution is 5.74. The molecule has 5 nitrogen and oxygen atoms in total. The summed E-state index contributed by atoms with van der Waals surface area (Å²) >= 11 is 0. The van der Waals surface area contributed by atoms with Crippen molar-refractivity contribution < 1.29 is 15.0 Å². The van der Waals surface area contributed by atoms with Crippen molar-refractivity contribution in [2.75, 3.05) is 0 Å². The molecule has 0 bridgehead atoms. The Bertz CT molecular complexity index is 518. The topological polar surface area (TPSA) is 74.8 Å². The molecule has 2 aromatic rings. The molecule has 0 amide bonds. The molecule has 0 saturated heterocycles. The number of aromatic nitrogens is 2. The van der Waals surface area contributed by atoms with Crippen molar-refractivity contribution in [2.45, 2.75) is 13.0 Å². The van der Waals surface area contributed by atoms with E-state index in [4.69, 9.17) is 5.11 Å². The number of fused-ring (bicyclic) bond motifs is 1. The first-order valence-electron chi connectivity index (χ1n) is 4.45. The smallest absolute Gasteiger partial charge is 0.338 e. The molecule has 2 rings (SSSR count). The predicted molar refractivity (Wildman–Crippen MR) is 52.5 cm³/mol. The fourth-order valence-electron chi connectivity index (χ4n) is 1.58. The van der Waals surface area contributed by atoms with E-state index in [1.165, 1.54) is 0 Å². The first-order valence-corrected chi connectivity index (χ1v) is 4.45. The average molecular weight is 206 g/mol. The van der Waals surface area contributed by atoms with Gasteiger partial charge in [-0.05, 0) is 19.1 Å². The van der Waals surface area contributed by atoms with Gasteiger partial charge in [-0.1, -0.05) is 6.07 Å². The number of aliphatic carboxylic acids is 1. The molecule has 1 unspecified atom stereocenters. The molecule has 0 saturated carbocycles. The summed E-state index contributed by atoms with van der Waals surface area (Å²) < 4.78 is 1.58. The van der Waals surface area contributed by atoms with Crippen LogP contribution in [0.3, 0.4) is 0 Å². The van der Waals surface area contributed by atoms with Gasteiger partial charge in [0, 0.05) is 6.20 Å². The van der Waals surface area contributed by atoms with Gasteiger partial charge in [0.15, 0.2) is 6.10 Å². The van der Waals surface area contributed by atoms with E-state index in [0.29, 0.717) is 17.0 Å². The van der Waals surface area contributed by atoms with Crippen LogP contribution in [0.4, 0.5) is 0 Å². The van der Waals surface area contributed by atoms with Crippen LogP contribution in [-0.4, -0.2) is 25.6 Å². The number of aliphatic hydroxyl groups is 1. The van der Waals surface area contributed by atoms with Gasteiger partial charge >= 0.3 is 5.97 Å². The summed E-state index contributed by atoms with van der Waals surface area (Å²) in [7, 11) is 0. The zero-order valence-corrected chi connectivity index (χ0v) is 8.08. The van der Waals surface area contributed by atoms with Gasteiger partial charge in [0.25, 0.3) is 0 Å². The molecule has 0 spiro atoms. The minimum absolute atomic E-state index is 0.304. The molecule has 1 atom stereocenters. The number of carboxylic acids is 1. The summed E-state index contributed by atoms with van der Waals surface area (Å²) in [5.41, 5.74) is 1.46. The Morgan fingerprint density at radius 1 is 1.53 bits per heavy atom. The van der Waals surface area contributed by atoms with Crippen molar-refractivity contribution >= 4 is 11.6 Å². The second-order valence-electron chi connectivity index (χ2n) is 3.25. The van der Waals surface area contributed by atoms with Gasteiger partial charge in [0.05, 0.1) is 11.4 Å². The van der Waals surface area contributed by atoms with E-state index in [2.05, 4.69) is 4.98 Å². The van der Waals surface area contributed by atoms with Crippen LogP contribution in [-0.2, 0) is 4.79 Å². The maximum Gasteiger partial charge on any atom is 0.338 e. The number of rotatable bonds is 2. The Morgan fingerprint density at radius 2 is 2.27 bits per heavy atom. The summed E-state index contributed by atoms with van der Waals surface area (Å²) in [6.07, 6.45) is 0.138. The fourth-order valence-corrected chi connectivity index (χ4v) is 1.58. The third-order valence-corrected chi connectivity index (χ3v) is 2.24. The lowest BCUT2D eigenvalue weighted by molar-refractivity contribution is -0.147. The van der Waals surface area contributed by atoms with E-state index in [-0.39, 0.29) is 0 Å². The number of nitrogens with zero attached hydrogens (tertiary/aromatic N) is 2. The standard InChI is InChI=1S/C10H10N2O3/c1-6-8(9(13)10(14)15)12-5-3-2-4-7(12)11-6/h2-5,9,13H,1H3,(H,14,15). The highest BCUT2D eigenvalue weighted by Gasteiger charge is 2.22. The Labute approximate surface area is 85.6 Å². The molecule has 0 fully saturated rings. The van der Waals surface area contributed by atoms with E-state index in [0.717, 1.165) is 0 Å².